The predicted octanol–water partition coefficient (Wildman–Crippen LogP) is 6.72. The molecule has 1 aromatic carbocycles. The van der Waals surface area contributed by atoms with Gasteiger partial charge in [0.05, 0.1) is 11.4 Å². The fraction of sp³-hybridized carbons (Fsp3) is 0.154. The standard InChI is InChI=1S/C13H12BrF5N2S/c1-9(2)7-11-8-13(14)20-21(11)10-3-5-12(6-4-10)22(15,16,17,18)19/h3-8H,1-2H3. The fourth-order valence-corrected chi connectivity index (χ4v) is 2.86. The van der Waals surface area contributed by atoms with Crippen molar-refractivity contribution in [1.29, 1.82) is 0 Å². The lowest BCUT2D eigenvalue weighted by Gasteiger charge is -2.40. The van der Waals surface area contributed by atoms with E-state index in [0.29, 0.717) is 22.4 Å². The smallest absolute Gasteiger partial charge is 0.233 e. The normalized spacial score (nSPS) is 15.1. The molecular formula is C13H12BrF5N2S. The Hall–Kier alpha value is -1.35. The van der Waals surface area contributed by atoms with Gasteiger partial charge in [-0.1, -0.05) is 25.0 Å². The largest absolute Gasteiger partial charge is 0.310 e. The number of hydrogen-bond donors (Lipinski definition) is 0. The third kappa shape index (κ3) is 3.89. The van der Waals surface area contributed by atoms with E-state index < -0.39 is 15.1 Å². The number of benzene rings is 1. The van der Waals surface area contributed by atoms with Crippen LogP contribution in [0.15, 0.2) is 45.4 Å². The van der Waals surface area contributed by atoms with Gasteiger partial charge < -0.3 is 0 Å². The van der Waals surface area contributed by atoms with Gasteiger partial charge in [-0.15, -0.1) is 0 Å². The molecule has 0 aliphatic heterocycles. The first-order chi connectivity index (χ1) is 9.76. The van der Waals surface area contributed by atoms with Crippen molar-refractivity contribution in [3.63, 3.8) is 0 Å². The summed E-state index contributed by atoms with van der Waals surface area (Å²) in [4.78, 5) is -1.92. The molecule has 22 heavy (non-hydrogen) atoms. The molecule has 0 fully saturated rings. The molecular weight excluding hydrogens is 391 g/mol. The van der Waals surface area contributed by atoms with E-state index in [4.69, 9.17) is 0 Å². The first kappa shape index (κ1) is 17.0. The lowest BCUT2D eigenvalue weighted by molar-refractivity contribution is 0.364. The summed E-state index contributed by atoms with van der Waals surface area (Å²) in [7, 11) is -9.65. The van der Waals surface area contributed by atoms with E-state index in [1.54, 1.807) is 12.1 Å². The molecule has 0 spiro atoms. The zero-order valence-corrected chi connectivity index (χ0v) is 13.9. The molecule has 1 aromatic heterocycles. The van der Waals surface area contributed by atoms with Crippen LogP contribution in [0.1, 0.15) is 19.5 Å². The van der Waals surface area contributed by atoms with Gasteiger partial charge in [0.1, 0.15) is 9.50 Å². The van der Waals surface area contributed by atoms with Crippen molar-refractivity contribution in [3.8, 4) is 5.69 Å². The van der Waals surface area contributed by atoms with Crippen LogP contribution >= 0.6 is 26.2 Å². The highest BCUT2D eigenvalue weighted by molar-refractivity contribution is 9.10. The minimum atomic E-state index is -9.65. The third-order valence-electron chi connectivity index (χ3n) is 2.67. The second-order valence-electron chi connectivity index (χ2n) is 4.99. The number of allylic oxidation sites excluding steroid dienone is 1. The molecule has 0 atom stereocenters. The lowest BCUT2D eigenvalue weighted by atomic mass is 10.2. The molecule has 1 heterocycles. The van der Waals surface area contributed by atoms with Crippen LogP contribution in [0.3, 0.4) is 0 Å². The van der Waals surface area contributed by atoms with Crippen molar-refractivity contribution in [2.24, 2.45) is 0 Å². The number of aromatic nitrogens is 2. The topological polar surface area (TPSA) is 17.8 Å². The maximum absolute atomic E-state index is 12.7. The molecule has 2 rings (SSSR count). The van der Waals surface area contributed by atoms with Crippen LogP contribution in [0.2, 0.25) is 0 Å². The van der Waals surface area contributed by atoms with E-state index in [9.17, 15) is 19.4 Å². The van der Waals surface area contributed by atoms with Crippen molar-refractivity contribution in [3.05, 3.63) is 46.2 Å². The first-order valence-corrected chi connectivity index (χ1v) is 8.76. The lowest BCUT2D eigenvalue weighted by Crippen LogP contribution is -2.06. The van der Waals surface area contributed by atoms with Gasteiger partial charge >= 0.3 is 10.2 Å². The van der Waals surface area contributed by atoms with Gasteiger partial charge in [0.2, 0.25) is 0 Å². The maximum atomic E-state index is 12.7. The van der Waals surface area contributed by atoms with Crippen LogP contribution in [0, 0.1) is 0 Å². The molecule has 0 aliphatic rings. The van der Waals surface area contributed by atoms with Crippen LogP contribution in [-0.4, -0.2) is 9.78 Å². The highest BCUT2D eigenvalue weighted by Crippen LogP contribution is 3.02. The summed E-state index contributed by atoms with van der Waals surface area (Å²) in [5, 5.41) is 4.09. The summed E-state index contributed by atoms with van der Waals surface area (Å²) >= 11 is 3.18. The summed E-state index contributed by atoms with van der Waals surface area (Å²) in [5.41, 5.74) is 1.83. The fourth-order valence-electron chi connectivity index (χ4n) is 1.82. The minimum absolute atomic E-state index is 0.254. The predicted molar refractivity (Wildman–Crippen MR) is 82.0 cm³/mol. The van der Waals surface area contributed by atoms with Gasteiger partial charge in [0.15, 0.2) is 0 Å². The number of nitrogens with zero attached hydrogens (tertiary/aromatic N) is 2. The molecule has 2 nitrogen and oxygen atoms in total. The first-order valence-electron chi connectivity index (χ1n) is 6.01. The monoisotopic (exact) mass is 402 g/mol. The van der Waals surface area contributed by atoms with Gasteiger partial charge in [-0.25, -0.2) is 4.68 Å². The van der Waals surface area contributed by atoms with Crippen LogP contribution < -0.4 is 0 Å². The summed E-state index contributed by atoms with van der Waals surface area (Å²) in [5.74, 6) is 0. The summed E-state index contributed by atoms with van der Waals surface area (Å²) in [6, 6.07) is 4.35. The van der Waals surface area contributed by atoms with Crippen molar-refractivity contribution in [2.75, 3.05) is 0 Å². The van der Waals surface area contributed by atoms with Crippen molar-refractivity contribution in [2.45, 2.75) is 18.7 Å². The molecule has 2 aromatic rings. The highest BCUT2D eigenvalue weighted by Gasteiger charge is 2.65. The Morgan fingerprint density at radius 1 is 1.09 bits per heavy atom. The van der Waals surface area contributed by atoms with E-state index in [2.05, 4.69) is 21.0 Å². The molecule has 0 N–H and O–H groups in total. The Bertz CT molecular complexity index is 743. The Kier molecular flexibility index (Phi) is 3.54. The molecule has 9 heteroatoms. The zero-order valence-electron chi connectivity index (χ0n) is 11.5. The Labute approximate surface area is 132 Å². The summed E-state index contributed by atoms with van der Waals surface area (Å²) in [6.45, 7) is 3.70. The van der Waals surface area contributed by atoms with Crippen LogP contribution in [0.25, 0.3) is 11.8 Å². The number of hydrogen-bond acceptors (Lipinski definition) is 1. The maximum Gasteiger partial charge on any atom is 0.310 e. The molecule has 0 radical (unpaired) electrons. The molecule has 0 bridgehead atoms. The van der Waals surface area contributed by atoms with E-state index in [1.165, 1.54) is 4.68 Å². The average molecular weight is 403 g/mol. The van der Waals surface area contributed by atoms with Crippen molar-refractivity contribution >= 4 is 32.2 Å². The van der Waals surface area contributed by atoms with Crippen LogP contribution in [0.4, 0.5) is 19.4 Å². The molecule has 0 unspecified atom stereocenters. The van der Waals surface area contributed by atoms with Gasteiger partial charge in [-0.3, -0.25) is 0 Å². The van der Waals surface area contributed by atoms with E-state index in [-0.39, 0.29) is 5.69 Å². The summed E-state index contributed by atoms with van der Waals surface area (Å²) in [6.07, 6.45) is 1.77. The second-order valence-corrected chi connectivity index (χ2v) is 8.21. The van der Waals surface area contributed by atoms with Gasteiger partial charge in [0, 0.05) is 0 Å². The van der Waals surface area contributed by atoms with Crippen LogP contribution in [-0.2, 0) is 0 Å². The minimum Gasteiger partial charge on any atom is -0.233 e. The van der Waals surface area contributed by atoms with Crippen LogP contribution in [0.5, 0.6) is 0 Å². The van der Waals surface area contributed by atoms with Gasteiger partial charge in [-0.2, -0.15) is 5.10 Å². The van der Waals surface area contributed by atoms with Crippen molar-refractivity contribution in [1.82, 2.24) is 9.78 Å². The molecule has 122 valence electrons. The van der Waals surface area contributed by atoms with Crippen molar-refractivity contribution < 1.29 is 19.4 Å². The van der Waals surface area contributed by atoms with E-state index in [1.807, 2.05) is 13.8 Å². The Morgan fingerprint density at radius 2 is 1.64 bits per heavy atom. The SMILES string of the molecule is CC(C)=Cc1cc(Br)nn1-c1ccc(S(F)(F)(F)(F)F)cc1. The van der Waals surface area contributed by atoms with Gasteiger partial charge in [0.25, 0.3) is 0 Å². The molecule has 0 aliphatic carbocycles. The number of halogens is 6. The highest BCUT2D eigenvalue weighted by atomic mass is 79.9. The summed E-state index contributed by atoms with van der Waals surface area (Å²) < 4.78 is 65.3. The molecule has 0 saturated carbocycles. The molecule has 0 saturated heterocycles. The Morgan fingerprint density at radius 3 is 2.09 bits per heavy atom. The zero-order chi connectivity index (χ0) is 16.8. The number of rotatable bonds is 3. The average Bonchev–Trinajstić information content (AvgIpc) is 2.66. The molecule has 0 amide bonds. The third-order valence-corrected chi connectivity index (χ3v) is 4.22. The van der Waals surface area contributed by atoms with E-state index >= 15 is 0 Å². The Balaban J connectivity index is 2.52. The second kappa shape index (κ2) is 4.58. The quantitative estimate of drug-likeness (QED) is 0.521. The van der Waals surface area contributed by atoms with E-state index in [0.717, 1.165) is 17.7 Å². The van der Waals surface area contributed by atoms with Gasteiger partial charge in [-0.05, 0) is 66.2 Å².